The molecule has 0 unspecified atom stereocenters. The highest BCUT2D eigenvalue weighted by molar-refractivity contribution is 6.36. The van der Waals surface area contributed by atoms with Crippen LogP contribution in [0.5, 0.6) is 5.75 Å². The average Bonchev–Trinajstić information content (AvgIpc) is 2.79. The second-order valence-electron chi connectivity index (χ2n) is 4.18. The smallest absolute Gasteiger partial charge is 0.149 e. The van der Waals surface area contributed by atoms with E-state index < -0.39 is 0 Å². The highest BCUT2D eigenvalue weighted by Gasteiger charge is 2.22. The molecular formula is C13H11ClFNO. The van der Waals surface area contributed by atoms with Gasteiger partial charge in [-0.3, -0.25) is 0 Å². The molecule has 0 fully saturated rings. The lowest BCUT2D eigenvalue weighted by molar-refractivity contribution is 0.419. The molecule has 17 heavy (non-hydrogen) atoms. The zero-order valence-electron chi connectivity index (χ0n) is 9.39. The van der Waals surface area contributed by atoms with Gasteiger partial charge in [-0.25, -0.2) is 9.37 Å². The van der Waals surface area contributed by atoms with E-state index in [-0.39, 0.29) is 5.82 Å². The molecule has 2 nitrogen and oxygen atoms in total. The Hall–Kier alpha value is -1.35. The van der Waals surface area contributed by atoms with Crippen LogP contribution in [-0.2, 0) is 12.8 Å². The number of methoxy groups -OCH3 is 1. The monoisotopic (exact) mass is 251 g/mol. The molecule has 0 radical (unpaired) electrons. The quantitative estimate of drug-likeness (QED) is 0.774. The third-order valence-electron chi connectivity index (χ3n) is 3.23. The van der Waals surface area contributed by atoms with Gasteiger partial charge in [-0.05, 0) is 37.0 Å². The molecular weight excluding hydrogens is 241 g/mol. The summed E-state index contributed by atoms with van der Waals surface area (Å²) in [6.45, 7) is 0. The number of fused-ring (bicyclic) bond motifs is 2. The Morgan fingerprint density at radius 1 is 1.35 bits per heavy atom. The maximum Gasteiger partial charge on any atom is 0.149 e. The van der Waals surface area contributed by atoms with Crippen molar-refractivity contribution in [3.05, 3.63) is 34.2 Å². The number of ether oxygens (including phenoxy) is 1. The van der Waals surface area contributed by atoms with Crippen LogP contribution in [0.1, 0.15) is 17.7 Å². The van der Waals surface area contributed by atoms with Gasteiger partial charge in [0.15, 0.2) is 0 Å². The number of aryl methyl sites for hydroxylation is 1. The molecule has 1 aromatic heterocycles. The summed E-state index contributed by atoms with van der Waals surface area (Å²) in [5.74, 6) is 0.228. The van der Waals surface area contributed by atoms with E-state index in [0.29, 0.717) is 21.7 Å². The van der Waals surface area contributed by atoms with Crippen LogP contribution in [0.25, 0.3) is 10.9 Å². The van der Waals surface area contributed by atoms with Gasteiger partial charge in [0.2, 0.25) is 0 Å². The van der Waals surface area contributed by atoms with Crippen molar-refractivity contribution in [2.45, 2.75) is 19.3 Å². The first-order valence-corrected chi connectivity index (χ1v) is 5.93. The maximum atomic E-state index is 13.8. The molecule has 1 aliphatic carbocycles. The molecule has 0 aliphatic heterocycles. The van der Waals surface area contributed by atoms with Gasteiger partial charge in [0.25, 0.3) is 0 Å². The van der Waals surface area contributed by atoms with E-state index in [1.807, 2.05) is 0 Å². The largest absolute Gasteiger partial charge is 0.496 e. The fourth-order valence-electron chi connectivity index (χ4n) is 2.41. The Morgan fingerprint density at radius 2 is 2.18 bits per heavy atom. The summed E-state index contributed by atoms with van der Waals surface area (Å²) >= 11 is 6.36. The van der Waals surface area contributed by atoms with Crippen LogP contribution >= 0.6 is 11.6 Å². The molecule has 1 heterocycles. The second kappa shape index (κ2) is 3.84. The third-order valence-corrected chi connectivity index (χ3v) is 3.65. The number of nitrogens with zero attached hydrogens (tertiary/aromatic N) is 1. The lowest BCUT2D eigenvalue weighted by atomic mass is 10.1. The van der Waals surface area contributed by atoms with Gasteiger partial charge >= 0.3 is 0 Å². The number of hydrogen-bond donors (Lipinski definition) is 0. The lowest BCUT2D eigenvalue weighted by Crippen LogP contribution is -1.96. The van der Waals surface area contributed by atoms with E-state index in [4.69, 9.17) is 16.3 Å². The summed E-state index contributed by atoms with van der Waals surface area (Å²) in [7, 11) is 1.55. The van der Waals surface area contributed by atoms with E-state index in [1.54, 1.807) is 13.2 Å². The normalized spacial score (nSPS) is 14.1. The first-order valence-electron chi connectivity index (χ1n) is 5.56. The zero-order valence-corrected chi connectivity index (χ0v) is 10.1. The predicted molar refractivity (Wildman–Crippen MR) is 65.3 cm³/mol. The third kappa shape index (κ3) is 1.49. The van der Waals surface area contributed by atoms with Gasteiger partial charge in [-0.15, -0.1) is 0 Å². The molecule has 0 spiro atoms. The van der Waals surface area contributed by atoms with Gasteiger partial charge in [0.1, 0.15) is 17.1 Å². The second-order valence-corrected chi connectivity index (χ2v) is 4.56. The van der Waals surface area contributed by atoms with Crippen LogP contribution in [-0.4, -0.2) is 12.1 Å². The van der Waals surface area contributed by atoms with Gasteiger partial charge in [-0.2, -0.15) is 0 Å². The van der Waals surface area contributed by atoms with E-state index in [1.165, 1.54) is 6.07 Å². The highest BCUT2D eigenvalue weighted by atomic mass is 35.5. The van der Waals surface area contributed by atoms with Crippen molar-refractivity contribution < 1.29 is 9.13 Å². The molecule has 0 amide bonds. The molecule has 1 aliphatic rings. The predicted octanol–water partition coefficient (Wildman–Crippen LogP) is 3.52. The first-order chi connectivity index (χ1) is 8.22. The van der Waals surface area contributed by atoms with Crippen molar-refractivity contribution in [2.75, 3.05) is 7.11 Å². The van der Waals surface area contributed by atoms with Crippen LogP contribution in [0.4, 0.5) is 4.39 Å². The minimum Gasteiger partial charge on any atom is -0.496 e. The summed E-state index contributed by atoms with van der Waals surface area (Å²) in [6.07, 6.45) is 2.82. The SMILES string of the molecule is COc1ccc(F)c2nc3c(c(Cl)c12)CCC3. The zero-order chi connectivity index (χ0) is 12.0. The van der Waals surface area contributed by atoms with Crippen molar-refractivity contribution >= 4 is 22.5 Å². The highest BCUT2D eigenvalue weighted by Crippen LogP contribution is 2.38. The molecule has 0 N–H and O–H groups in total. The minimum absolute atomic E-state index is 0.315. The molecule has 0 saturated carbocycles. The van der Waals surface area contributed by atoms with E-state index >= 15 is 0 Å². The maximum absolute atomic E-state index is 13.8. The molecule has 0 atom stereocenters. The van der Waals surface area contributed by atoms with Crippen molar-refractivity contribution in [1.29, 1.82) is 0 Å². The molecule has 3 rings (SSSR count). The van der Waals surface area contributed by atoms with Crippen molar-refractivity contribution in [2.24, 2.45) is 0 Å². The first kappa shape index (κ1) is 10.8. The lowest BCUT2D eigenvalue weighted by Gasteiger charge is -2.11. The van der Waals surface area contributed by atoms with Crippen LogP contribution in [0.3, 0.4) is 0 Å². The van der Waals surface area contributed by atoms with E-state index in [0.717, 1.165) is 30.5 Å². The molecule has 88 valence electrons. The average molecular weight is 252 g/mol. The number of rotatable bonds is 1. The van der Waals surface area contributed by atoms with Gasteiger partial charge in [0.05, 0.1) is 17.5 Å². The van der Waals surface area contributed by atoms with Crippen molar-refractivity contribution in [1.82, 2.24) is 4.98 Å². The van der Waals surface area contributed by atoms with Crippen LogP contribution in [0.2, 0.25) is 5.02 Å². The standard InChI is InChI=1S/C13H11ClFNO/c1-17-10-6-5-8(15)13-11(10)12(14)7-3-2-4-9(7)16-13/h5-6H,2-4H2,1H3. The van der Waals surface area contributed by atoms with Crippen LogP contribution < -0.4 is 4.74 Å². The summed E-state index contributed by atoms with van der Waals surface area (Å²) < 4.78 is 19.0. The Bertz CT molecular complexity index is 612. The molecule has 2 aromatic rings. The fraction of sp³-hybridized carbons (Fsp3) is 0.308. The van der Waals surface area contributed by atoms with Gasteiger partial charge in [0, 0.05) is 5.69 Å². The summed E-state index contributed by atoms with van der Waals surface area (Å²) in [4.78, 5) is 4.39. The topological polar surface area (TPSA) is 22.1 Å². The van der Waals surface area contributed by atoms with E-state index in [9.17, 15) is 4.39 Å². The fourth-order valence-corrected chi connectivity index (χ4v) is 2.80. The van der Waals surface area contributed by atoms with Crippen molar-refractivity contribution in [3.8, 4) is 5.75 Å². The number of halogens is 2. The minimum atomic E-state index is -0.350. The molecule has 1 aromatic carbocycles. The Morgan fingerprint density at radius 3 is 2.94 bits per heavy atom. The molecule has 4 heteroatoms. The molecule has 0 bridgehead atoms. The number of hydrogen-bond acceptors (Lipinski definition) is 2. The van der Waals surface area contributed by atoms with Crippen LogP contribution in [0.15, 0.2) is 12.1 Å². The van der Waals surface area contributed by atoms with E-state index in [2.05, 4.69) is 4.98 Å². The van der Waals surface area contributed by atoms with Crippen LogP contribution in [0, 0.1) is 5.82 Å². The Labute approximate surface area is 103 Å². The molecule has 0 saturated heterocycles. The Balaban J connectivity index is 2.46. The summed E-state index contributed by atoms with van der Waals surface area (Å²) in [6, 6.07) is 2.96. The number of aromatic nitrogens is 1. The number of pyridine rings is 1. The number of benzene rings is 1. The summed E-state index contributed by atoms with van der Waals surface area (Å²) in [5, 5.41) is 1.19. The van der Waals surface area contributed by atoms with Gasteiger partial charge < -0.3 is 4.74 Å². The Kier molecular flexibility index (Phi) is 2.44. The summed E-state index contributed by atoms with van der Waals surface area (Å²) in [5.41, 5.74) is 2.28. The van der Waals surface area contributed by atoms with Crippen molar-refractivity contribution in [3.63, 3.8) is 0 Å². The van der Waals surface area contributed by atoms with Gasteiger partial charge in [-0.1, -0.05) is 11.6 Å².